The third-order valence-corrected chi connectivity index (χ3v) is 5.91. The molecule has 2 saturated heterocycles. The molecule has 2 aliphatic heterocycles. The van der Waals surface area contributed by atoms with Crippen LogP contribution in [0.25, 0.3) is 0 Å². The molecule has 0 saturated carbocycles. The topological polar surface area (TPSA) is 48.9 Å². The Bertz CT molecular complexity index is 744. The molecule has 1 aromatic heterocycles. The van der Waals surface area contributed by atoms with Gasteiger partial charge in [0.1, 0.15) is 5.75 Å². The number of thiazole rings is 1. The summed E-state index contributed by atoms with van der Waals surface area (Å²) in [5.74, 6) is 0.956. The molecule has 1 amide bonds. The summed E-state index contributed by atoms with van der Waals surface area (Å²) in [6, 6.07) is 7.75. The summed E-state index contributed by atoms with van der Waals surface area (Å²) in [5.41, 5.74) is 3.90. The van der Waals surface area contributed by atoms with Crippen LogP contribution in [0, 0.1) is 0 Å². The smallest absolute Gasteiger partial charge is 0.244 e. The number of carbonyl (C=O) groups is 1. The van der Waals surface area contributed by atoms with Crippen molar-refractivity contribution in [1.29, 1.82) is 0 Å². The molecule has 1 aromatic carbocycles. The van der Waals surface area contributed by atoms with Gasteiger partial charge in [0, 0.05) is 44.6 Å². The van der Waals surface area contributed by atoms with Crippen LogP contribution in [0.3, 0.4) is 0 Å². The minimum atomic E-state index is -0.0127. The number of hydrogen-bond donors (Lipinski definition) is 0. The lowest BCUT2D eigenvalue weighted by molar-refractivity contribution is -0.122. The first-order chi connectivity index (χ1) is 12.8. The Morgan fingerprint density at radius 2 is 2.00 bits per heavy atom. The normalized spacial score (nSPS) is 22.1. The minimum absolute atomic E-state index is 0.0127. The second-order valence-electron chi connectivity index (χ2n) is 6.76. The van der Waals surface area contributed by atoms with Gasteiger partial charge in [0.25, 0.3) is 0 Å². The van der Waals surface area contributed by atoms with E-state index in [0.29, 0.717) is 0 Å². The van der Waals surface area contributed by atoms with Gasteiger partial charge >= 0.3 is 0 Å². The predicted molar refractivity (Wildman–Crippen MR) is 103 cm³/mol. The van der Waals surface area contributed by atoms with Crippen LogP contribution in [0.2, 0.25) is 0 Å². The van der Waals surface area contributed by atoms with E-state index in [1.165, 1.54) is 0 Å². The molecule has 0 bridgehead atoms. The average molecular weight is 372 g/mol. The standard InChI is InChI=1S/C19H24N4O2S/c1-25-18-5-3-2-4-16(18)23-7-6-17(19(23)24)22-10-8-21(9-11-22)12-15-13-26-14-20-15/h2-5,13-14,17H,6-12H2,1H3. The second kappa shape index (κ2) is 7.73. The molecule has 0 radical (unpaired) electrons. The monoisotopic (exact) mass is 372 g/mol. The highest BCUT2D eigenvalue weighted by molar-refractivity contribution is 7.07. The average Bonchev–Trinajstić information content (AvgIpc) is 3.32. The number of piperazine rings is 1. The van der Waals surface area contributed by atoms with Crippen LogP contribution in [0.1, 0.15) is 12.1 Å². The molecule has 2 aromatic rings. The van der Waals surface area contributed by atoms with Gasteiger partial charge in [-0.1, -0.05) is 12.1 Å². The molecule has 138 valence electrons. The predicted octanol–water partition coefficient (Wildman–Crippen LogP) is 2.07. The molecule has 0 N–H and O–H groups in total. The number of para-hydroxylation sites is 2. The number of ether oxygens (including phenoxy) is 1. The van der Waals surface area contributed by atoms with Crippen molar-refractivity contribution >= 4 is 22.9 Å². The molecular formula is C19H24N4O2S. The van der Waals surface area contributed by atoms with E-state index in [1.807, 2.05) is 34.7 Å². The SMILES string of the molecule is COc1ccccc1N1CCC(N2CCN(Cc3cscn3)CC2)C1=O. The number of amides is 1. The fourth-order valence-electron chi connectivity index (χ4n) is 3.87. The van der Waals surface area contributed by atoms with Crippen molar-refractivity contribution in [2.24, 2.45) is 0 Å². The Morgan fingerprint density at radius 1 is 1.19 bits per heavy atom. The van der Waals surface area contributed by atoms with E-state index in [-0.39, 0.29) is 11.9 Å². The van der Waals surface area contributed by atoms with E-state index in [0.717, 1.165) is 62.8 Å². The lowest BCUT2D eigenvalue weighted by Crippen LogP contribution is -2.52. The van der Waals surface area contributed by atoms with E-state index in [1.54, 1.807) is 18.4 Å². The van der Waals surface area contributed by atoms with Gasteiger partial charge in [-0.2, -0.15) is 0 Å². The first-order valence-electron chi connectivity index (χ1n) is 9.04. The number of carbonyl (C=O) groups excluding carboxylic acids is 1. The van der Waals surface area contributed by atoms with Crippen LogP contribution in [0.15, 0.2) is 35.2 Å². The third kappa shape index (κ3) is 3.47. The summed E-state index contributed by atoms with van der Waals surface area (Å²) < 4.78 is 5.43. The Balaban J connectivity index is 1.37. The number of nitrogens with zero attached hydrogens (tertiary/aromatic N) is 4. The Hall–Kier alpha value is -1.96. The molecule has 7 heteroatoms. The maximum atomic E-state index is 13.0. The minimum Gasteiger partial charge on any atom is -0.495 e. The third-order valence-electron chi connectivity index (χ3n) is 5.27. The van der Waals surface area contributed by atoms with Crippen LogP contribution >= 0.6 is 11.3 Å². The van der Waals surface area contributed by atoms with Crippen LogP contribution in [0.4, 0.5) is 5.69 Å². The zero-order valence-electron chi connectivity index (χ0n) is 15.0. The van der Waals surface area contributed by atoms with E-state index in [2.05, 4.69) is 20.2 Å². The molecule has 1 unspecified atom stereocenters. The number of aromatic nitrogens is 1. The summed E-state index contributed by atoms with van der Waals surface area (Å²) in [7, 11) is 1.65. The summed E-state index contributed by atoms with van der Waals surface area (Å²) in [4.78, 5) is 24.0. The van der Waals surface area contributed by atoms with Gasteiger partial charge in [0.05, 0.1) is 30.0 Å². The Labute approximate surface area is 158 Å². The number of hydrogen-bond acceptors (Lipinski definition) is 6. The fourth-order valence-corrected chi connectivity index (χ4v) is 4.42. The Morgan fingerprint density at radius 3 is 2.73 bits per heavy atom. The van der Waals surface area contributed by atoms with Gasteiger partial charge in [-0.05, 0) is 18.6 Å². The van der Waals surface area contributed by atoms with Crippen molar-refractivity contribution in [3.8, 4) is 5.75 Å². The maximum Gasteiger partial charge on any atom is 0.244 e. The molecule has 4 rings (SSSR count). The highest BCUT2D eigenvalue weighted by Crippen LogP contribution is 2.32. The van der Waals surface area contributed by atoms with Gasteiger partial charge in [-0.25, -0.2) is 4.98 Å². The van der Waals surface area contributed by atoms with Crippen molar-refractivity contribution in [2.75, 3.05) is 44.7 Å². The molecule has 0 spiro atoms. The zero-order valence-corrected chi connectivity index (χ0v) is 15.8. The number of methoxy groups -OCH3 is 1. The molecule has 26 heavy (non-hydrogen) atoms. The summed E-state index contributed by atoms with van der Waals surface area (Å²) in [6.07, 6.45) is 0.878. The summed E-state index contributed by atoms with van der Waals surface area (Å²) in [6.45, 7) is 5.48. The zero-order chi connectivity index (χ0) is 17.9. The van der Waals surface area contributed by atoms with Crippen molar-refractivity contribution in [2.45, 2.75) is 19.0 Å². The summed E-state index contributed by atoms with van der Waals surface area (Å²) in [5, 5.41) is 2.11. The van der Waals surface area contributed by atoms with Crippen molar-refractivity contribution in [3.05, 3.63) is 40.8 Å². The van der Waals surface area contributed by atoms with Gasteiger partial charge in [-0.3, -0.25) is 14.6 Å². The lowest BCUT2D eigenvalue weighted by atomic mass is 10.1. The molecule has 6 nitrogen and oxygen atoms in total. The lowest BCUT2D eigenvalue weighted by Gasteiger charge is -2.37. The van der Waals surface area contributed by atoms with Gasteiger partial charge in [0.15, 0.2) is 0 Å². The molecule has 2 fully saturated rings. The van der Waals surface area contributed by atoms with Crippen molar-refractivity contribution in [1.82, 2.24) is 14.8 Å². The highest BCUT2D eigenvalue weighted by atomic mass is 32.1. The second-order valence-corrected chi connectivity index (χ2v) is 7.48. The highest BCUT2D eigenvalue weighted by Gasteiger charge is 2.38. The van der Waals surface area contributed by atoms with Crippen LogP contribution in [0.5, 0.6) is 5.75 Å². The van der Waals surface area contributed by atoms with Crippen LogP contribution in [-0.2, 0) is 11.3 Å². The first-order valence-corrected chi connectivity index (χ1v) is 9.98. The van der Waals surface area contributed by atoms with Crippen LogP contribution in [-0.4, -0.2) is 66.6 Å². The van der Waals surface area contributed by atoms with Gasteiger partial charge < -0.3 is 9.64 Å². The van der Waals surface area contributed by atoms with E-state index < -0.39 is 0 Å². The van der Waals surface area contributed by atoms with Crippen molar-refractivity contribution < 1.29 is 9.53 Å². The molecule has 1 atom stereocenters. The Kier molecular flexibility index (Phi) is 5.19. The fraction of sp³-hybridized carbons (Fsp3) is 0.474. The van der Waals surface area contributed by atoms with E-state index >= 15 is 0 Å². The van der Waals surface area contributed by atoms with E-state index in [9.17, 15) is 4.79 Å². The van der Waals surface area contributed by atoms with E-state index in [4.69, 9.17) is 4.74 Å². The van der Waals surface area contributed by atoms with Gasteiger partial charge in [-0.15, -0.1) is 11.3 Å². The van der Waals surface area contributed by atoms with Crippen LogP contribution < -0.4 is 9.64 Å². The molecule has 0 aliphatic carbocycles. The number of rotatable bonds is 5. The van der Waals surface area contributed by atoms with Gasteiger partial charge in [0.2, 0.25) is 5.91 Å². The quantitative estimate of drug-likeness (QED) is 0.804. The number of anilines is 1. The summed E-state index contributed by atoms with van der Waals surface area (Å²) >= 11 is 1.64. The maximum absolute atomic E-state index is 13.0. The number of benzene rings is 1. The molecular weight excluding hydrogens is 348 g/mol. The molecule has 2 aliphatic rings. The van der Waals surface area contributed by atoms with Crippen molar-refractivity contribution in [3.63, 3.8) is 0 Å². The largest absolute Gasteiger partial charge is 0.495 e. The molecule has 3 heterocycles. The first kappa shape index (κ1) is 17.5.